The molecule has 0 unspecified atom stereocenters. The SMILES string of the molecule is CN(Cc1ccccc1NC(=O)Cn1nnc(-c2ccccc2)n1)C1CCCCC1. The van der Waals surface area contributed by atoms with E-state index in [-0.39, 0.29) is 12.5 Å². The van der Waals surface area contributed by atoms with Crippen LogP contribution in [0.5, 0.6) is 0 Å². The molecule has 1 aliphatic rings. The van der Waals surface area contributed by atoms with Crippen LogP contribution >= 0.6 is 0 Å². The molecular formula is C23H28N6O. The van der Waals surface area contributed by atoms with Crippen LogP contribution in [0.1, 0.15) is 37.7 Å². The molecule has 1 fully saturated rings. The molecule has 1 heterocycles. The summed E-state index contributed by atoms with van der Waals surface area (Å²) in [5.41, 5.74) is 2.84. The van der Waals surface area contributed by atoms with E-state index in [2.05, 4.69) is 38.7 Å². The van der Waals surface area contributed by atoms with Gasteiger partial charge in [0.15, 0.2) is 0 Å². The van der Waals surface area contributed by atoms with Crippen LogP contribution in [0.15, 0.2) is 54.6 Å². The molecule has 7 heteroatoms. The number of hydrogen-bond donors (Lipinski definition) is 1. The summed E-state index contributed by atoms with van der Waals surface area (Å²) in [5.74, 6) is 0.345. The van der Waals surface area contributed by atoms with Gasteiger partial charge in [0.25, 0.3) is 0 Å². The van der Waals surface area contributed by atoms with Crippen molar-refractivity contribution in [3.63, 3.8) is 0 Å². The lowest BCUT2D eigenvalue weighted by Gasteiger charge is -2.31. The van der Waals surface area contributed by atoms with Gasteiger partial charge in [-0.05, 0) is 36.7 Å². The summed E-state index contributed by atoms with van der Waals surface area (Å²) in [5, 5.41) is 15.4. The van der Waals surface area contributed by atoms with Crippen molar-refractivity contribution in [2.75, 3.05) is 12.4 Å². The largest absolute Gasteiger partial charge is 0.324 e. The Morgan fingerprint density at radius 1 is 1.07 bits per heavy atom. The van der Waals surface area contributed by atoms with Gasteiger partial charge in [-0.1, -0.05) is 67.8 Å². The molecule has 1 amide bonds. The van der Waals surface area contributed by atoms with Crippen LogP contribution in [0.2, 0.25) is 0 Å². The third kappa shape index (κ3) is 5.10. The molecule has 0 saturated heterocycles. The molecule has 0 radical (unpaired) electrons. The summed E-state index contributed by atoms with van der Waals surface area (Å²) in [6, 6.07) is 18.2. The van der Waals surface area contributed by atoms with E-state index in [4.69, 9.17) is 0 Å². The minimum atomic E-state index is -0.167. The van der Waals surface area contributed by atoms with Crippen molar-refractivity contribution >= 4 is 11.6 Å². The topological polar surface area (TPSA) is 75.9 Å². The van der Waals surface area contributed by atoms with Gasteiger partial charge in [0.2, 0.25) is 11.7 Å². The minimum absolute atomic E-state index is 0.0205. The zero-order chi connectivity index (χ0) is 20.8. The van der Waals surface area contributed by atoms with Crippen molar-refractivity contribution in [2.45, 2.75) is 51.2 Å². The Balaban J connectivity index is 1.38. The average molecular weight is 405 g/mol. The third-order valence-corrected chi connectivity index (χ3v) is 5.68. The number of aromatic nitrogens is 4. The summed E-state index contributed by atoms with van der Waals surface area (Å²) < 4.78 is 0. The number of rotatable bonds is 7. The van der Waals surface area contributed by atoms with Gasteiger partial charge >= 0.3 is 0 Å². The molecular weight excluding hydrogens is 376 g/mol. The maximum atomic E-state index is 12.6. The van der Waals surface area contributed by atoms with E-state index in [9.17, 15) is 4.79 Å². The number of carbonyl (C=O) groups excluding carboxylic acids is 1. The Morgan fingerprint density at radius 2 is 1.80 bits per heavy atom. The summed E-state index contributed by atoms with van der Waals surface area (Å²) in [4.78, 5) is 16.4. The minimum Gasteiger partial charge on any atom is -0.324 e. The molecule has 30 heavy (non-hydrogen) atoms. The van der Waals surface area contributed by atoms with E-state index in [1.54, 1.807) is 0 Å². The molecule has 0 atom stereocenters. The van der Waals surface area contributed by atoms with Crippen LogP contribution in [0.4, 0.5) is 5.69 Å². The first-order valence-corrected chi connectivity index (χ1v) is 10.6. The fourth-order valence-corrected chi connectivity index (χ4v) is 4.03. The smallest absolute Gasteiger partial charge is 0.248 e. The second-order valence-corrected chi connectivity index (χ2v) is 7.92. The van der Waals surface area contributed by atoms with Gasteiger partial charge in [-0.2, -0.15) is 4.80 Å². The zero-order valence-electron chi connectivity index (χ0n) is 17.4. The zero-order valence-corrected chi connectivity index (χ0v) is 17.4. The monoisotopic (exact) mass is 404 g/mol. The fraction of sp³-hybridized carbons (Fsp3) is 0.391. The van der Waals surface area contributed by atoms with Gasteiger partial charge < -0.3 is 5.32 Å². The van der Waals surface area contributed by atoms with Gasteiger partial charge in [-0.3, -0.25) is 9.69 Å². The van der Waals surface area contributed by atoms with E-state index in [0.717, 1.165) is 23.4 Å². The molecule has 2 aromatic carbocycles. The molecule has 1 saturated carbocycles. The van der Waals surface area contributed by atoms with Crippen molar-refractivity contribution in [1.29, 1.82) is 0 Å². The lowest BCUT2D eigenvalue weighted by molar-refractivity contribution is -0.117. The second kappa shape index (κ2) is 9.63. The Labute approximate surface area is 177 Å². The van der Waals surface area contributed by atoms with Crippen LogP contribution in [-0.4, -0.2) is 44.1 Å². The Kier molecular flexibility index (Phi) is 6.49. The van der Waals surface area contributed by atoms with E-state index in [1.165, 1.54) is 36.9 Å². The molecule has 0 spiro atoms. The van der Waals surface area contributed by atoms with E-state index < -0.39 is 0 Å². The van der Waals surface area contributed by atoms with Crippen LogP contribution in [0.3, 0.4) is 0 Å². The van der Waals surface area contributed by atoms with Crippen molar-refractivity contribution in [1.82, 2.24) is 25.1 Å². The highest BCUT2D eigenvalue weighted by Gasteiger charge is 2.19. The first-order valence-electron chi connectivity index (χ1n) is 10.6. The van der Waals surface area contributed by atoms with Crippen molar-refractivity contribution < 1.29 is 4.79 Å². The number of carbonyl (C=O) groups is 1. The quantitative estimate of drug-likeness (QED) is 0.649. The van der Waals surface area contributed by atoms with Crippen LogP contribution in [-0.2, 0) is 17.9 Å². The van der Waals surface area contributed by atoms with Crippen molar-refractivity contribution in [2.24, 2.45) is 0 Å². The number of tetrazole rings is 1. The molecule has 1 aromatic heterocycles. The lowest BCUT2D eigenvalue weighted by atomic mass is 9.94. The standard InChI is InChI=1S/C23H28N6O/c1-28(20-13-6-3-7-14-20)16-19-12-8-9-15-21(19)24-22(30)17-29-26-23(25-27-29)18-10-4-2-5-11-18/h2,4-5,8-12,15,20H,3,6-7,13-14,16-17H2,1H3,(H,24,30). The third-order valence-electron chi connectivity index (χ3n) is 5.68. The summed E-state index contributed by atoms with van der Waals surface area (Å²) in [7, 11) is 2.18. The Bertz CT molecular complexity index is 965. The summed E-state index contributed by atoms with van der Waals surface area (Å²) >= 11 is 0. The van der Waals surface area contributed by atoms with E-state index >= 15 is 0 Å². The first-order chi connectivity index (χ1) is 14.7. The maximum Gasteiger partial charge on any atom is 0.248 e. The summed E-state index contributed by atoms with van der Waals surface area (Å²) in [6.45, 7) is 0.841. The van der Waals surface area contributed by atoms with Crippen molar-refractivity contribution in [3.05, 3.63) is 60.2 Å². The molecule has 4 rings (SSSR count). The molecule has 1 aliphatic carbocycles. The predicted molar refractivity (Wildman–Crippen MR) is 117 cm³/mol. The Morgan fingerprint density at radius 3 is 2.60 bits per heavy atom. The van der Waals surface area contributed by atoms with Crippen LogP contribution < -0.4 is 5.32 Å². The van der Waals surface area contributed by atoms with E-state index in [0.29, 0.717) is 11.9 Å². The van der Waals surface area contributed by atoms with Crippen LogP contribution in [0.25, 0.3) is 11.4 Å². The average Bonchev–Trinajstić information content (AvgIpc) is 3.24. The maximum absolute atomic E-state index is 12.6. The van der Waals surface area contributed by atoms with Crippen LogP contribution in [0, 0.1) is 0 Å². The first kappa shape index (κ1) is 20.2. The fourth-order valence-electron chi connectivity index (χ4n) is 4.03. The molecule has 156 valence electrons. The highest BCUT2D eigenvalue weighted by molar-refractivity contribution is 5.91. The molecule has 7 nitrogen and oxygen atoms in total. The predicted octanol–water partition coefficient (Wildman–Crippen LogP) is 3.74. The molecule has 0 bridgehead atoms. The number of hydrogen-bond acceptors (Lipinski definition) is 5. The van der Waals surface area contributed by atoms with Gasteiger partial charge in [0.1, 0.15) is 6.54 Å². The van der Waals surface area contributed by atoms with Gasteiger partial charge in [-0.15, -0.1) is 10.2 Å². The normalized spacial score (nSPS) is 14.7. The molecule has 0 aliphatic heterocycles. The second-order valence-electron chi connectivity index (χ2n) is 7.92. The van der Waals surface area contributed by atoms with Crippen molar-refractivity contribution in [3.8, 4) is 11.4 Å². The summed E-state index contributed by atoms with van der Waals surface area (Å²) in [6.07, 6.45) is 6.48. The Hall–Kier alpha value is -3.06. The number of amides is 1. The number of benzene rings is 2. The van der Waals surface area contributed by atoms with Gasteiger partial charge in [0, 0.05) is 23.8 Å². The molecule has 3 aromatic rings. The highest BCUT2D eigenvalue weighted by Crippen LogP contribution is 2.25. The highest BCUT2D eigenvalue weighted by atomic mass is 16.2. The van der Waals surface area contributed by atoms with Gasteiger partial charge in [-0.25, -0.2) is 0 Å². The molecule has 1 N–H and O–H groups in total. The number of anilines is 1. The number of nitrogens with zero attached hydrogens (tertiary/aromatic N) is 5. The number of nitrogens with one attached hydrogen (secondary N) is 1. The van der Waals surface area contributed by atoms with E-state index in [1.807, 2.05) is 48.5 Å². The number of para-hydroxylation sites is 1. The van der Waals surface area contributed by atoms with Gasteiger partial charge in [0.05, 0.1) is 0 Å². The lowest BCUT2D eigenvalue weighted by Crippen LogP contribution is -2.33.